The van der Waals surface area contributed by atoms with Crippen LogP contribution in [-0.4, -0.2) is 11.4 Å². The summed E-state index contributed by atoms with van der Waals surface area (Å²) in [6.07, 6.45) is 9.71. The fourth-order valence-corrected chi connectivity index (χ4v) is 10.7. The molecule has 38 heavy (non-hydrogen) atoms. The molecule has 7 unspecified atom stereocenters. The summed E-state index contributed by atoms with van der Waals surface area (Å²) in [5, 5.41) is 0.741. The predicted molar refractivity (Wildman–Crippen MR) is 163 cm³/mol. The highest BCUT2D eigenvalue weighted by atomic mass is 32.2. The standard InChI is InChI=1S/C36H50OS/c1-35(2,3)33-28-17-15-23(19-26(28)21-37-31-14-10-9-13-29(31)33)24-16-18-30-32(20-24)38-22-25-11-7-8-12-27(25)34(30)36(4,5)6/h7-8,11-12,15,17,19,24,29-34H,9-10,13-14,16,18,20-22H2,1-6H3. The molecule has 0 spiro atoms. The quantitative estimate of drug-likeness (QED) is 0.363. The van der Waals surface area contributed by atoms with Crippen molar-refractivity contribution < 1.29 is 4.74 Å². The monoisotopic (exact) mass is 530 g/mol. The molecule has 0 aromatic heterocycles. The van der Waals surface area contributed by atoms with Gasteiger partial charge in [-0.2, -0.15) is 11.8 Å². The van der Waals surface area contributed by atoms with Crippen molar-refractivity contribution in [3.8, 4) is 0 Å². The van der Waals surface area contributed by atoms with Crippen molar-refractivity contribution in [3.63, 3.8) is 0 Å². The highest BCUT2D eigenvalue weighted by Crippen LogP contribution is 2.56. The van der Waals surface area contributed by atoms with Gasteiger partial charge in [0.05, 0.1) is 12.7 Å². The average Bonchev–Trinajstić information content (AvgIpc) is 3.15. The minimum atomic E-state index is 0.260. The Morgan fingerprint density at radius 1 is 0.737 bits per heavy atom. The van der Waals surface area contributed by atoms with Gasteiger partial charge in [0.2, 0.25) is 0 Å². The summed E-state index contributed by atoms with van der Waals surface area (Å²) in [6, 6.07) is 17.0. The fourth-order valence-electron chi connectivity index (χ4n) is 9.09. The summed E-state index contributed by atoms with van der Waals surface area (Å²) in [7, 11) is 0. The molecule has 2 aliphatic heterocycles. The minimum absolute atomic E-state index is 0.260. The molecule has 2 aliphatic carbocycles. The molecule has 0 N–H and O–H groups in total. The van der Waals surface area contributed by atoms with E-state index in [1.165, 1.54) is 56.3 Å². The lowest BCUT2D eigenvalue weighted by Crippen LogP contribution is -2.36. The Bertz CT molecular complexity index is 1140. The first kappa shape index (κ1) is 26.9. The van der Waals surface area contributed by atoms with Crippen LogP contribution in [0, 0.1) is 22.7 Å². The van der Waals surface area contributed by atoms with Crippen LogP contribution in [0.1, 0.15) is 132 Å². The molecule has 0 radical (unpaired) electrons. The van der Waals surface area contributed by atoms with Crippen molar-refractivity contribution in [2.24, 2.45) is 22.7 Å². The maximum Gasteiger partial charge on any atom is 0.0723 e. The maximum absolute atomic E-state index is 6.69. The Labute approximate surface area is 236 Å². The number of rotatable bonds is 1. The second-order valence-corrected chi connectivity index (χ2v) is 16.4. The summed E-state index contributed by atoms with van der Waals surface area (Å²) in [5.74, 6) is 4.54. The molecule has 0 bridgehead atoms. The number of hydrogen-bond acceptors (Lipinski definition) is 2. The van der Waals surface area contributed by atoms with Gasteiger partial charge in [0.25, 0.3) is 0 Å². The second-order valence-electron chi connectivity index (χ2n) is 15.2. The molecule has 7 atom stereocenters. The van der Waals surface area contributed by atoms with Gasteiger partial charge >= 0.3 is 0 Å². The first-order valence-corrected chi connectivity index (χ1v) is 16.6. The summed E-state index contributed by atoms with van der Waals surface area (Å²) >= 11 is 2.25. The van der Waals surface area contributed by atoms with Crippen LogP contribution in [-0.2, 0) is 17.1 Å². The molecule has 6 rings (SSSR count). The van der Waals surface area contributed by atoms with Gasteiger partial charge in [0, 0.05) is 11.0 Å². The van der Waals surface area contributed by atoms with Crippen molar-refractivity contribution in [1.82, 2.24) is 0 Å². The van der Waals surface area contributed by atoms with Crippen LogP contribution in [0.15, 0.2) is 42.5 Å². The van der Waals surface area contributed by atoms with Crippen molar-refractivity contribution >= 4 is 11.8 Å². The van der Waals surface area contributed by atoms with E-state index in [9.17, 15) is 0 Å². The highest BCUT2D eigenvalue weighted by molar-refractivity contribution is 7.99. The van der Waals surface area contributed by atoms with E-state index in [0.29, 0.717) is 29.8 Å². The zero-order chi connectivity index (χ0) is 26.7. The molecular formula is C36H50OS. The number of hydrogen-bond donors (Lipinski definition) is 0. The third kappa shape index (κ3) is 5.03. The number of ether oxygens (including phenoxy) is 1. The van der Waals surface area contributed by atoms with Crippen LogP contribution in [0.25, 0.3) is 0 Å². The van der Waals surface area contributed by atoms with Crippen LogP contribution in [0.5, 0.6) is 0 Å². The number of benzene rings is 2. The van der Waals surface area contributed by atoms with Crippen LogP contribution in [0.3, 0.4) is 0 Å². The molecule has 0 amide bonds. The molecule has 2 heteroatoms. The van der Waals surface area contributed by atoms with Crippen molar-refractivity contribution in [1.29, 1.82) is 0 Å². The van der Waals surface area contributed by atoms with Crippen LogP contribution < -0.4 is 0 Å². The Morgan fingerprint density at radius 2 is 1.45 bits per heavy atom. The average molecular weight is 531 g/mol. The smallest absolute Gasteiger partial charge is 0.0723 e. The van der Waals surface area contributed by atoms with Gasteiger partial charge in [-0.1, -0.05) is 96.8 Å². The Morgan fingerprint density at radius 3 is 2.24 bits per heavy atom. The van der Waals surface area contributed by atoms with Gasteiger partial charge < -0.3 is 4.74 Å². The Kier molecular flexibility index (Phi) is 7.30. The Hall–Kier alpha value is -1.25. The highest BCUT2D eigenvalue weighted by Gasteiger charge is 2.45. The summed E-state index contributed by atoms with van der Waals surface area (Å²) in [5.41, 5.74) is 8.44. The fraction of sp³-hybridized carbons (Fsp3) is 0.667. The molecule has 206 valence electrons. The SMILES string of the molecule is CC(C)(C)C1c2ccc(C3CCC4C(C3)SCc3ccccc3C4C(C)(C)C)cc2COC2CCCCC21. The molecule has 2 fully saturated rings. The van der Waals surface area contributed by atoms with E-state index in [4.69, 9.17) is 4.74 Å². The van der Waals surface area contributed by atoms with E-state index in [-0.39, 0.29) is 10.8 Å². The van der Waals surface area contributed by atoms with Crippen molar-refractivity contribution in [2.75, 3.05) is 0 Å². The molecular weight excluding hydrogens is 480 g/mol. The van der Waals surface area contributed by atoms with E-state index in [0.717, 1.165) is 17.8 Å². The van der Waals surface area contributed by atoms with Gasteiger partial charge in [-0.3, -0.25) is 0 Å². The molecule has 2 aromatic carbocycles. The lowest BCUT2D eigenvalue weighted by atomic mass is 9.62. The van der Waals surface area contributed by atoms with Gasteiger partial charge in [-0.25, -0.2) is 0 Å². The number of fused-ring (bicyclic) bond motifs is 4. The van der Waals surface area contributed by atoms with Gasteiger partial charge in [-0.15, -0.1) is 0 Å². The molecule has 1 nitrogen and oxygen atoms in total. The largest absolute Gasteiger partial charge is 0.373 e. The van der Waals surface area contributed by atoms with Crippen LogP contribution in [0.2, 0.25) is 0 Å². The van der Waals surface area contributed by atoms with Crippen LogP contribution in [0.4, 0.5) is 0 Å². The predicted octanol–water partition coefficient (Wildman–Crippen LogP) is 10.2. The summed E-state index contributed by atoms with van der Waals surface area (Å²) < 4.78 is 6.69. The lowest BCUT2D eigenvalue weighted by Gasteiger charge is -2.44. The van der Waals surface area contributed by atoms with Gasteiger partial charge in [0.15, 0.2) is 0 Å². The third-order valence-electron chi connectivity index (χ3n) is 10.6. The van der Waals surface area contributed by atoms with Crippen molar-refractivity contribution in [3.05, 3.63) is 70.3 Å². The first-order chi connectivity index (χ1) is 18.1. The lowest BCUT2D eigenvalue weighted by molar-refractivity contribution is -0.0325. The van der Waals surface area contributed by atoms with E-state index in [1.807, 2.05) is 0 Å². The Balaban J connectivity index is 1.28. The second kappa shape index (κ2) is 10.3. The summed E-state index contributed by atoms with van der Waals surface area (Å²) in [4.78, 5) is 0. The molecule has 0 saturated heterocycles. The van der Waals surface area contributed by atoms with Gasteiger partial charge in [0.1, 0.15) is 0 Å². The molecule has 2 aromatic rings. The minimum Gasteiger partial charge on any atom is -0.373 e. The molecule has 2 saturated carbocycles. The maximum atomic E-state index is 6.69. The third-order valence-corrected chi connectivity index (χ3v) is 12.0. The zero-order valence-electron chi connectivity index (χ0n) is 24.8. The molecule has 4 aliphatic rings. The topological polar surface area (TPSA) is 9.23 Å². The zero-order valence-corrected chi connectivity index (χ0v) is 25.6. The number of thioether (sulfide) groups is 1. The summed E-state index contributed by atoms with van der Waals surface area (Å²) in [6.45, 7) is 15.6. The van der Waals surface area contributed by atoms with Gasteiger partial charge in [-0.05, 0) is 100 Å². The van der Waals surface area contributed by atoms with Crippen molar-refractivity contribution in [2.45, 2.75) is 128 Å². The van der Waals surface area contributed by atoms with Crippen LogP contribution >= 0.6 is 11.8 Å². The first-order valence-electron chi connectivity index (χ1n) is 15.5. The molecule has 2 heterocycles. The van der Waals surface area contributed by atoms with E-state index < -0.39 is 0 Å². The van der Waals surface area contributed by atoms with E-state index in [2.05, 4.69) is 95.8 Å². The normalized spacial score (nSPS) is 33.7. The van der Waals surface area contributed by atoms with E-state index >= 15 is 0 Å². The van der Waals surface area contributed by atoms with E-state index in [1.54, 1.807) is 22.3 Å².